The molecule has 2 aromatic rings. The number of carbonyl (C=O) groups excluding carboxylic acids is 1. The van der Waals surface area contributed by atoms with Crippen LogP contribution in [-0.2, 0) is 16.3 Å². The minimum Gasteiger partial charge on any atom is -0.371 e. The van der Waals surface area contributed by atoms with Crippen LogP contribution < -0.4 is 10.6 Å². The first-order chi connectivity index (χ1) is 11.7. The van der Waals surface area contributed by atoms with E-state index in [4.69, 9.17) is 0 Å². The third-order valence-corrected chi connectivity index (χ3v) is 6.25. The normalized spacial score (nSPS) is 11.1. The summed E-state index contributed by atoms with van der Waals surface area (Å²) in [6.45, 7) is 0.363. The Labute approximate surface area is 148 Å². The van der Waals surface area contributed by atoms with Crippen LogP contribution in [0.15, 0.2) is 34.5 Å². The van der Waals surface area contributed by atoms with Crippen molar-refractivity contribution in [3.05, 3.63) is 51.6 Å². The fourth-order valence-corrected chi connectivity index (χ4v) is 4.10. The van der Waals surface area contributed by atoms with Gasteiger partial charge in [-0.3, -0.25) is 14.9 Å². The molecule has 0 radical (unpaired) electrons. The first-order valence-corrected chi connectivity index (χ1v) is 9.96. The summed E-state index contributed by atoms with van der Waals surface area (Å²) >= 11 is 0.837. The van der Waals surface area contributed by atoms with Gasteiger partial charge in [0, 0.05) is 31.5 Å². The number of rotatable bonds is 7. The first kappa shape index (κ1) is 18.9. The number of hydrogen-bond donors (Lipinski definition) is 2. The number of benzene rings is 1. The summed E-state index contributed by atoms with van der Waals surface area (Å²) < 4.78 is 23.1. The highest BCUT2D eigenvalue weighted by Gasteiger charge is 2.23. The van der Waals surface area contributed by atoms with Gasteiger partial charge < -0.3 is 10.6 Å². The number of thiophene rings is 1. The Morgan fingerprint density at radius 2 is 2.04 bits per heavy atom. The number of sulfone groups is 1. The highest BCUT2D eigenvalue weighted by Crippen LogP contribution is 2.36. The van der Waals surface area contributed by atoms with E-state index in [1.165, 1.54) is 0 Å². The largest absolute Gasteiger partial charge is 0.371 e. The molecule has 0 fully saturated rings. The maximum atomic E-state index is 11.6. The maximum Gasteiger partial charge on any atom is 0.304 e. The lowest BCUT2D eigenvalue weighted by molar-refractivity contribution is -0.383. The van der Waals surface area contributed by atoms with Crippen molar-refractivity contribution in [2.75, 3.05) is 25.2 Å². The number of nitrogens with zero attached hydrogens (tertiary/aromatic N) is 1. The standard InChI is InChI=1S/C15H17N3O5S2/c1-16-14(19)11-5-3-4-10(8-11)6-7-17-15-12(18(20)21)9-13(24-15)25(2,22)23/h3-5,8-9,17H,6-7H2,1-2H3,(H,16,19). The molecule has 1 aromatic heterocycles. The fourth-order valence-electron chi connectivity index (χ4n) is 2.14. The molecule has 0 bridgehead atoms. The van der Waals surface area contributed by atoms with Crippen molar-refractivity contribution in [1.29, 1.82) is 0 Å². The zero-order valence-electron chi connectivity index (χ0n) is 13.6. The molecular formula is C15H17N3O5S2. The minimum absolute atomic E-state index is 0.0525. The predicted molar refractivity (Wildman–Crippen MR) is 96.1 cm³/mol. The smallest absolute Gasteiger partial charge is 0.304 e. The second-order valence-corrected chi connectivity index (χ2v) is 8.56. The molecule has 2 rings (SSSR count). The van der Waals surface area contributed by atoms with Gasteiger partial charge in [0.15, 0.2) is 14.8 Å². The van der Waals surface area contributed by atoms with Crippen LogP contribution in [0.1, 0.15) is 15.9 Å². The molecule has 1 amide bonds. The van der Waals surface area contributed by atoms with Crippen LogP contribution >= 0.6 is 11.3 Å². The molecule has 134 valence electrons. The van der Waals surface area contributed by atoms with Crippen LogP contribution in [0.25, 0.3) is 0 Å². The van der Waals surface area contributed by atoms with Gasteiger partial charge in [-0.15, -0.1) is 0 Å². The van der Waals surface area contributed by atoms with Gasteiger partial charge in [-0.2, -0.15) is 0 Å². The second-order valence-electron chi connectivity index (χ2n) is 5.27. The molecule has 1 aromatic carbocycles. The quantitative estimate of drug-likeness (QED) is 0.558. The lowest BCUT2D eigenvalue weighted by atomic mass is 10.1. The molecule has 0 saturated heterocycles. The molecule has 2 N–H and O–H groups in total. The van der Waals surface area contributed by atoms with E-state index < -0.39 is 14.8 Å². The Balaban J connectivity index is 2.11. The average molecular weight is 383 g/mol. The Kier molecular flexibility index (Phi) is 5.75. The van der Waals surface area contributed by atoms with E-state index in [9.17, 15) is 23.3 Å². The van der Waals surface area contributed by atoms with Gasteiger partial charge >= 0.3 is 5.69 Å². The number of amides is 1. The molecule has 0 aliphatic rings. The summed E-state index contributed by atoms with van der Waals surface area (Å²) in [6.07, 6.45) is 1.53. The molecular weight excluding hydrogens is 366 g/mol. The van der Waals surface area contributed by atoms with Gasteiger partial charge in [0.05, 0.1) is 4.92 Å². The van der Waals surface area contributed by atoms with E-state index in [-0.39, 0.29) is 20.8 Å². The van der Waals surface area contributed by atoms with Crippen molar-refractivity contribution < 1.29 is 18.1 Å². The van der Waals surface area contributed by atoms with Crippen molar-refractivity contribution in [2.24, 2.45) is 0 Å². The van der Waals surface area contributed by atoms with E-state index in [1.54, 1.807) is 25.2 Å². The molecule has 8 nitrogen and oxygen atoms in total. The van der Waals surface area contributed by atoms with Gasteiger partial charge in [0.2, 0.25) is 0 Å². The summed E-state index contributed by atoms with van der Waals surface area (Å²) in [4.78, 5) is 22.1. The van der Waals surface area contributed by atoms with Crippen molar-refractivity contribution >= 4 is 37.8 Å². The van der Waals surface area contributed by atoms with Crippen LogP contribution in [0.4, 0.5) is 10.7 Å². The molecule has 0 spiro atoms. The zero-order chi connectivity index (χ0) is 18.6. The van der Waals surface area contributed by atoms with Crippen LogP contribution in [0.3, 0.4) is 0 Å². The number of nitrogens with one attached hydrogen (secondary N) is 2. The fraction of sp³-hybridized carbons (Fsp3) is 0.267. The van der Waals surface area contributed by atoms with Gasteiger partial charge in [-0.1, -0.05) is 23.5 Å². The van der Waals surface area contributed by atoms with Crippen LogP contribution in [0.2, 0.25) is 0 Å². The van der Waals surface area contributed by atoms with Crippen molar-refractivity contribution in [1.82, 2.24) is 5.32 Å². The number of anilines is 1. The summed E-state index contributed by atoms with van der Waals surface area (Å²) in [7, 11) is -1.96. The van der Waals surface area contributed by atoms with Crippen LogP contribution in [0.5, 0.6) is 0 Å². The van der Waals surface area contributed by atoms with Gasteiger partial charge in [-0.05, 0) is 24.1 Å². The van der Waals surface area contributed by atoms with Gasteiger partial charge in [-0.25, -0.2) is 8.42 Å². The summed E-state index contributed by atoms with van der Waals surface area (Å²) in [5, 5.41) is 16.7. The molecule has 0 unspecified atom stereocenters. The van der Waals surface area contributed by atoms with Crippen molar-refractivity contribution in [3.63, 3.8) is 0 Å². The first-order valence-electron chi connectivity index (χ1n) is 7.25. The molecule has 0 atom stereocenters. The summed E-state index contributed by atoms with van der Waals surface area (Å²) in [5.41, 5.74) is 1.15. The topological polar surface area (TPSA) is 118 Å². The third kappa shape index (κ3) is 4.77. The Morgan fingerprint density at radius 3 is 2.64 bits per heavy atom. The number of carbonyl (C=O) groups is 1. The van der Waals surface area contributed by atoms with Crippen molar-refractivity contribution in [3.8, 4) is 0 Å². The van der Waals surface area contributed by atoms with Crippen molar-refractivity contribution in [2.45, 2.75) is 10.6 Å². The Bertz CT molecular complexity index is 906. The SMILES string of the molecule is CNC(=O)c1cccc(CCNc2sc(S(C)(=O)=O)cc2[N+](=O)[O-])c1. The van der Waals surface area contributed by atoms with Crippen LogP contribution in [0, 0.1) is 10.1 Å². The third-order valence-electron chi connectivity index (χ3n) is 3.37. The maximum absolute atomic E-state index is 11.6. The molecule has 0 aliphatic carbocycles. The number of nitro groups is 1. The van der Waals surface area contributed by atoms with Gasteiger partial charge in [0.1, 0.15) is 4.21 Å². The lowest BCUT2D eigenvalue weighted by Crippen LogP contribution is -2.18. The summed E-state index contributed by atoms with van der Waals surface area (Å²) in [5.74, 6) is -0.193. The average Bonchev–Trinajstić information content (AvgIpc) is 2.99. The Hall–Kier alpha value is -2.46. The molecule has 10 heteroatoms. The summed E-state index contributed by atoms with van der Waals surface area (Å²) in [6, 6.07) is 8.10. The van der Waals surface area contributed by atoms with E-state index in [0.717, 1.165) is 29.2 Å². The van der Waals surface area contributed by atoms with E-state index in [1.807, 2.05) is 6.07 Å². The highest BCUT2D eigenvalue weighted by molar-refractivity contribution is 7.92. The zero-order valence-corrected chi connectivity index (χ0v) is 15.2. The molecule has 0 saturated carbocycles. The lowest BCUT2D eigenvalue weighted by Gasteiger charge is -2.06. The van der Waals surface area contributed by atoms with E-state index >= 15 is 0 Å². The molecule has 25 heavy (non-hydrogen) atoms. The highest BCUT2D eigenvalue weighted by atomic mass is 32.2. The Morgan fingerprint density at radius 1 is 1.32 bits per heavy atom. The van der Waals surface area contributed by atoms with E-state index in [2.05, 4.69) is 10.6 Å². The second kappa shape index (κ2) is 7.62. The monoisotopic (exact) mass is 383 g/mol. The predicted octanol–water partition coefficient (Wildman–Crippen LogP) is 2.07. The number of hydrogen-bond acceptors (Lipinski definition) is 7. The molecule has 0 aliphatic heterocycles. The van der Waals surface area contributed by atoms with E-state index in [0.29, 0.717) is 18.5 Å². The minimum atomic E-state index is -3.50. The van der Waals surface area contributed by atoms with Crippen LogP contribution in [-0.4, -0.2) is 39.1 Å². The molecule has 1 heterocycles. The van der Waals surface area contributed by atoms with Gasteiger partial charge in [0.25, 0.3) is 5.91 Å².